The lowest BCUT2D eigenvalue weighted by Crippen LogP contribution is -2.44. The van der Waals surface area contributed by atoms with Gasteiger partial charge in [0.2, 0.25) is 10.0 Å². The SMILES string of the molecule is O=C1OC(=O)C2CN(S(=O)(=O)c3cncc(F)c3)CCC12. The van der Waals surface area contributed by atoms with E-state index < -0.39 is 39.6 Å². The van der Waals surface area contributed by atoms with Gasteiger partial charge in [-0.25, -0.2) is 12.8 Å². The zero-order valence-electron chi connectivity index (χ0n) is 10.7. The van der Waals surface area contributed by atoms with Gasteiger partial charge in [0.25, 0.3) is 0 Å². The second-order valence-electron chi connectivity index (χ2n) is 4.94. The Morgan fingerprint density at radius 1 is 1.24 bits per heavy atom. The van der Waals surface area contributed by atoms with Gasteiger partial charge in [-0.05, 0) is 12.5 Å². The first-order valence-electron chi connectivity index (χ1n) is 6.26. The number of hydrogen-bond donors (Lipinski definition) is 0. The summed E-state index contributed by atoms with van der Waals surface area (Å²) in [4.78, 5) is 26.2. The first-order chi connectivity index (χ1) is 9.89. The van der Waals surface area contributed by atoms with Crippen LogP contribution in [0.5, 0.6) is 0 Å². The highest BCUT2D eigenvalue weighted by Gasteiger charge is 2.49. The Hall–Kier alpha value is -1.87. The number of hydrogen-bond acceptors (Lipinski definition) is 6. The van der Waals surface area contributed by atoms with E-state index in [-0.39, 0.29) is 24.4 Å². The van der Waals surface area contributed by atoms with Crippen LogP contribution < -0.4 is 0 Å². The highest BCUT2D eigenvalue weighted by molar-refractivity contribution is 7.89. The molecular weight excluding hydrogens is 303 g/mol. The second-order valence-corrected chi connectivity index (χ2v) is 6.88. The van der Waals surface area contributed by atoms with Crippen LogP contribution in [0.15, 0.2) is 23.4 Å². The molecule has 1 aromatic rings. The number of halogens is 1. The summed E-state index contributed by atoms with van der Waals surface area (Å²) >= 11 is 0. The first kappa shape index (κ1) is 14.1. The first-order valence-corrected chi connectivity index (χ1v) is 7.70. The van der Waals surface area contributed by atoms with Crippen molar-refractivity contribution in [3.8, 4) is 0 Å². The largest absolute Gasteiger partial charge is 0.393 e. The molecule has 21 heavy (non-hydrogen) atoms. The quantitative estimate of drug-likeness (QED) is 0.560. The minimum Gasteiger partial charge on any atom is -0.393 e. The molecule has 0 spiro atoms. The number of aromatic nitrogens is 1. The summed E-state index contributed by atoms with van der Waals surface area (Å²) in [6.45, 7) is -0.0729. The molecule has 1 aromatic heterocycles. The molecule has 2 aliphatic heterocycles. The number of carbonyl (C=O) groups is 2. The average Bonchev–Trinajstić information content (AvgIpc) is 2.74. The van der Waals surface area contributed by atoms with Crippen LogP contribution in [0.3, 0.4) is 0 Å². The maximum absolute atomic E-state index is 13.1. The van der Waals surface area contributed by atoms with E-state index in [1.165, 1.54) is 0 Å². The molecule has 0 bridgehead atoms. The molecule has 0 aliphatic carbocycles. The lowest BCUT2D eigenvalue weighted by Gasteiger charge is -2.30. The Kier molecular flexibility index (Phi) is 3.25. The van der Waals surface area contributed by atoms with Crippen LogP contribution in [0, 0.1) is 17.7 Å². The van der Waals surface area contributed by atoms with E-state index in [1.54, 1.807) is 0 Å². The molecule has 3 heterocycles. The molecule has 7 nitrogen and oxygen atoms in total. The zero-order valence-corrected chi connectivity index (χ0v) is 11.5. The molecule has 0 aromatic carbocycles. The van der Waals surface area contributed by atoms with Gasteiger partial charge < -0.3 is 4.74 Å². The zero-order chi connectivity index (χ0) is 15.2. The fraction of sp³-hybridized carbons (Fsp3) is 0.417. The molecule has 3 rings (SSSR count). The molecule has 9 heteroatoms. The van der Waals surface area contributed by atoms with Crippen molar-refractivity contribution < 1.29 is 27.1 Å². The topological polar surface area (TPSA) is 93.6 Å². The van der Waals surface area contributed by atoms with Crippen LogP contribution in [0.4, 0.5) is 4.39 Å². The van der Waals surface area contributed by atoms with Crippen LogP contribution in [0.2, 0.25) is 0 Å². The smallest absolute Gasteiger partial charge is 0.318 e. The Morgan fingerprint density at radius 2 is 1.95 bits per heavy atom. The standard InChI is InChI=1S/C12H11FN2O5S/c13-7-3-8(5-14-4-7)21(18,19)15-2-1-9-10(6-15)12(17)20-11(9)16/h3-5,9-10H,1-2,6H2. The van der Waals surface area contributed by atoms with Gasteiger partial charge in [0.1, 0.15) is 10.7 Å². The number of nitrogens with zero attached hydrogens (tertiary/aromatic N) is 2. The lowest BCUT2D eigenvalue weighted by molar-refractivity contribution is -0.153. The van der Waals surface area contributed by atoms with Crippen molar-refractivity contribution in [1.29, 1.82) is 0 Å². The average molecular weight is 314 g/mol. The maximum Gasteiger partial charge on any atom is 0.318 e. The second kappa shape index (κ2) is 4.85. The van der Waals surface area contributed by atoms with Crippen molar-refractivity contribution in [2.24, 2.45) is 11.8 Å². The molecule has 2 saturated heterocycles. The number of piperidine rings is 1. The van der Waals surface area contributed by atoms with Gasteiger partial charge in [-0.3, -0.25) is 14.6 Å². The van der Waals surface area contributed by atoms with E-state index >= 15 is 0 Å². The van der Waals surface area contributed by atoms with Crippen molar-refractivity contribution in [2.45, 2.75) is 11.3 Å². The number of ether oxygens (including phenoxy) is 1. The van der Waals surface area contributed by atoms with Crippen LogP contribution in [-0.4, -0.2) is 42.7 Å². The summed E-state index contributed by atoms with van der Waals surface area (Å²) in [7, 11) is -3.95. The Morgan fingerprint density at radius 3 is 2.67 bits per heavy atom. The molecule has 112 valence electrons. The fourth-order valence-electron chi connectivity index (χ4n) is 2.59. The maximum atomic E-state index is 13.1. The minimum absolute atomic E-state index is 0.0718. The molecule has 2 aliphatic rings. The van der Waals surface area contributed by atoms with Crippen molar-refractivity contribution in [2.75, 3.05) is 13.1 Å². The van der Waals surface area contributed by atoms with Crippen LogP contribution in [0.1, 0.15) is 6.42 Å². The molecule has 2 fully saturated rings. The monoisotopic (exact) mass is 314 g/mol. The third kappa shape index (κ3) is 2.32. The van der Waals surface area contributed by atoms with Gasteiger partial charge >= 0.3 is 11.9 Å². The number of esters is 2. The van der Waals surface area contributed by atoms with Gasteiger partial charge in [-0.2, -0.15) is 4.31 Å². The Balaban J connectivity index is 1.88. The van der Waals surface area contributed by atoms with Gasteiger partial charge in [-0.15, -0.1) is 0 Å². The summed E-state index contributed by atoms with van der Waals surface area (Å²) in [5.74, 6) is -3.45. The van der Waals surface area contributed by atoms with Crippen LogP contribution in [0.25, 0.3) is 0 Å². The van der Waals surface area contributed by atoms with Gasteiger partial charge in [-0.1, -0.05) is 0 Å². The number of fused-ring (bicyclic) bond motifs is 1. The molecule has 0 radical (unpaired) electrons. The van der Waals surface area contributed by atoms with E-state index in [0.29, 0.717) is 0 Å². The molecule has 0 amide bonds. The van der Waals surface area contributed by atoms with Gasteiger partial charge in [0.05, 0.1) is 18.0 Å². The van der Waals surface area contributed by atoms with E-state index in [9.17, 15) is 22.4 Å². The molecule has 2 unspecified atom stereocenters. The minimum atomic E-state index is -3.95. The fourth-order valence-corrected chi connectivity index (χ4v) is 4.05. The summed E-state index contributed by atoms with van der Waals surface area (Å²) in [5, 5.41) is 0. The number of carbonyl (C=O) groups excluding carboxylic acids is 2. The van der Waals surface area contributed by atoms with E-state index in [2.05, 4.69) is 9.72 Å². The summed E-state index contributed by atoms with van der Waals surface area (Å²) < 4.78 is 43.5. The highest BCUT2D eigenvalue weighted by atomic mass is 32.2. The van der Waals surface area contributed by atoms with Crippen molar-refractivity contribution >= 4 is 22.0 Å². The molecule has 0 saturated carbocycles. The highest BCUT2D eigenvalue weighted by Crippen LogP contribution is 2.33. The van der Waals surface area contributed by atoms with E-state index in [1.807, 2.05) is 0 Å². The van der Waals surface area contributed by atoms with Crippen molar-refractivity contribution in [1.82, 2.24) is 9.29 Å². The Bertz CT molecular complexity index is 720. The summed E-state index contributed by atoms with van der Waals surface area (Å²) in [5.41, 5.74) is 0. The molecular formula is C12H11FN2O5S. The normalized spacial score (nSPS) is 26.5. The van der Waals surface area contributed by atoms with E-state index in [4.69, 9.17) is 0 Å². The van der Waals surface area contributed by atoms with Gasteiger partial charge in [0.15, 0.2) is 0 Å². The Labute approximate surface area is 119 Å². The lowest BCUT2D eigenvalue weighted by atomic mass is 9.89. The number of sulfonamides is 1. The van der Waals surface area contributed by atoms with E-state index in [0.717, 1.165) is 22.8 Å². The summed E-state index contributed by atoms with van der Waals surface area (Å²) in [6.07, 6.45) is 2.15. The predicted octanol–water partition coefficient (Wildman–Crippen LogP) is -0.0691. The van der Waals surface area contributed by atoms with Crippen molar-refractivity contribution in [3.05, 3.63) is 24.3 Å². The number of pyridine rings is 1. The predicted molar refractivity (Wildman–Crippen MR) is 65.6 cm³/mol. The summed E-state index contributed by atoms with van der Waals surface area (Å²) in [6, 6.07) is 0.868. The third-order valence-corrected chi connectivity index (χ3v) is 5.53. The molecule has 0 N–H and O–H groups in total. The van der Waals surface area contributed by atoms with Gasteiger partial charge in [0, 0.05) is 19.3 Å². The van der Waals surface area contributed by atoms with Crippen molar-refractivity contribution in [3.63, 3.8) is 0 Å². The number of cyclic esters (lactones) is 2. The third-order valence-electron chi connectivity index (χ3n) is 3.70. The molecule has 2 atom stereocenters. The van der Waals surface area contributed by atoms with Crippen LogP contribution in [-0.2, 0) is 24.3 Å². The number of rotatable bonds is 2. The van der Waals surface area contributed by atoms with Crippen LogP contribution >= 0.6 is 0 Å².